The first-order valence-corrected chi connectivity index (χ1v) is 27.1. The molecule has 4 N–H and O–H groups in total. The lowest BCUT2D eigenvalue weighted by atomic mass is 10.00. The number of hydrogen-bond donors (Lipinski definition) is 4. The Bertz CT molecular complexity index is 1490. The lowest BCUT2D eigenvalue weighted by Gasteiger charge is -2.40. The van der Waals surface area contributed by atoms with Crippen LogP contribution in [0.15, 0.2) is 72.9 Å². The van der Waals surface area contributed by atoms with E-state index < -0.39 is 71.2 Å². The average molecular weight is 951 g/mol. The van der Waals surface area contributed by atoms with Gasteiger partial charge >= 0.3 is 11.9 Å². The molecular weight excluding hydrogens is 861 g/mol. The van der Waals surface area contributed by atoms with Gasteiger partial charge in [-0.1, -0.05) is 170 Å². The van der Waals surface area contributed by atoms with Crippen LogP contribution in [0.1, 0.15) is 194 Å². The van der Waals surface area contributed by atoms with Gasteiger partial charge in [0.05, 0.1) is 6.61 Å². The summed E-state index contributed by atoms with van der Waals surface area (Å²) in [6, 6.07) is 0. The van der Waals surface area contributed by atoms with Crippen LogP contribution in [0, 0.1) is 0 Å². The largest absolute Gasteiger partial charge is 0.462 e. The van der Waals surface area contributed by atoms with Gasteiger partial charge in [-0.25, -0.2) is 0 Å². The second-order valence-electron chi connectivity index (χ2n) is 17.4. The molecule has 6 atom stereocenters. The molecule has 1 aliphatic rings. The van der Waals surface area contributed by atoms with Gasteiger partial charge in [0.1, 0.15) is 36.8 Å². The molecular formula is C53H90O12S. The standard InChI is InChI=1S/C53H90O12S/c1-3-5-7-9-11-13-15-17-19-20-21-22-23-24-25-26-28-30-32-34-36-38-40-42-49(55)64-46(44-63-53-52(58)51(57)50(56)47(65-53)45-66(59,60)61)43-62-48(54)41-39-37-35-33-31-29-27-18-16-14-12-10-8-6-4-2/h6,8,12,14,18,26-28,31,33-34,36,46-47,50-53,56-58H,3-5,7,9-11,13,15-17,19-25,29-30,32,35,37-45H2,1-2H3,(H,59,60,61)/b8-6+,14-12+,27-18+,28-26+,33-31+,36-34+/t46-,47-,50-,51?,52?,53+/m1/s1. The van der Waals surface area contributed by atoms with Crippen LogP contribution in [0.25, 0.3) is 0 Å². The van der Waals surface area contributed by atoms with Crippen LogP contribution in [0.3, 0.4) is 0 Å². The molecule has 0 aliphatic carbocycles. The van der Waals surface area contributed by atoms with Crippen LogP contribution in [-0.2, 0) is 38.7 Å². The van der Waals surface area contributed by atoms with Gasteiger partial charge in [-0.05, 0) is 83.5 Å². The summed E-state index contributed by atoms with van der Waals surface area (Å²) in [5, 5.41) is 30.9. The van der Waals surface area contributed by atoms with Gasteiger partial charge in [0.15, 0.2) is 12.4 Å². The highest BCUT2D eigenvalue weighted by atomic mass is 32.2. The van der Waals surface area contributed by atoms with Gasteiger partial charge in [-0.15, -0.1) is 0 Å². The zero-order valence-electron chi connectivity index (χ0n) is 40.8. The lowest BCUT2D eigenvalue weighted by molar-refractivity contribution is -0.297. The summed E-state index contributed by atoms with van der Waals surface area (Å²) < 4.78 is 54.1. The van der Waals surface area contributed by atoms with E-state index in [1.54, 1.807) is 0 Å². The molecule has 0 spiro atoms. The van der Waals surface area contributed by atoms with Crippen molar-refractivity contribution in [2.45, 2.75) is 230 Å². The van der Waals surface area contributed by atoms with Crippen molar-refractivity contribution in [3.63, 3.8) is 0 Å². The van der Waals surface area contributed by atoms with E-state index in [9.17, 15) is 37.9 Å². The molecule has 12 nitrogen and oxygen atoms in total. The second kappa shape index (κ2) is 42.2. The molecule has 0 aromatic carbocycles. The number of carbonyl (C=O) groups excluding carboxylic acids is 2. The Labute approximate surface area is 399 Å². The molecule has 13 heteroatoms. The molecule has 1 aliphatic heterocycles. The molecule has 380 valence electrons. The lowest BCUT2D eigenvalue weighted by Crippen LogP contribution is -2.60. The normalized spacial score (nSPS) is 20.0. The van der Waals surface area contributed by atoms with E-state index >= 15 is 0 Å². The van der Waals surface area contributed by atoms with Gasteiger partial charge in [0.2, 0.25) is 0 Å². The van der Waals surface area contributed by atoms with Gasteiger partial charge in [0, 0.05) is 12.8 Å². The summed E-state index contributed by atoms with van der Waals surface area (Å²) in [6.45, 7) is 3.59. The van der Waals surface area contributed by atoms with Crippen molar-refractivity contribution in [2.75, 3.05) is 19.0 Å². The van der Waals surface area contributed by atoms with E-state index in [0.717, 1.165) is 57.8 Å². The Morgan fingerprint density at radius 1 is 0.530 bits per heavy atom. The van der Waals surface area contributed by atoms with Crippen LogP contribution in [0.5, 0.6) is 0 Å². The Morgan fingerprint density at radius 2 is 0.985 bits per heavy atom. The van der Waals surface area contributed by atoms with Crippen molar-refractivity contribution < 1.29 is 56.8 Å². The zero-order valence-corrected chi connectivity index (χ0v) is 41.6. The van der Waals surface area contributed by atoms with E-state index in [1.165, 1.54) is 89.9 Å². The minimum atomic E-state index is -4.62. The number of unbranched alkanes of at least 4 members (excludes halogenated alkanes) is 18. The van der Waals surface area contributed by atoms with Crippen molar-refractivity contribution in [1.82, 2.24) is 0 Å². The summed E-state index contributed by atoms with van der Waals surface area (Å²) in [5.41, 5.74) is 0. The Balaban J connectivity index is 2.42. The van der Waals surface area contributed by atoms with E-state index in [1.807, 2.05) is 6.08 Å². The van der Waals surface area contributed by atoms with Gasteiger partial charge < -0.3 is 34.3 Å². The molecule has 1 fully saturated rings. The van der Waals surface area contributed by atoms with Gasteiger partial charge in [0.25, 0.3) is 10.1 Å². The molecule has 0 amide bonds. The highest BCUT2D eigenvalue weighted by molar-refractivity contribution is 7.85. The number of ether oxygens (including phenoxy) is 4. The SMILES string of the molecule is CC/C=C/C/C=C/C/C=C/C/C=C/CCCCC(=O)OC[C@H](CO[C@H]1O[C@H](CS(=O)(=O)O)[C@@H](O)C(O)C1O)OC(=O)CCC/C=C/CC/C=C/CCCCCCCCCCCCCCCC. The van der Waals surface area contributed by atoms with Crippen LogP contribution in [-0.4, -0.2) is 96.0 Å². The van der Waals surface area contributed by atoms with Crippen molar-refractivity contribution in [1.29, 1.82) is 0 Å². The predicted octanol–water partition coefficient (Wildman–Crippen LogP) is 11.5. The number of aliphatic hydroxyl groups excluding tert-OH is 3. The van der Waals surface area contributed by atoms with Gasteiger partial charge in [-0.2, -0.15) is 8.42 Å². The fourth-order valence-corrected chi connectivity index (χ4v) is 8.03. The van der Waals surface area contributed by atoms with Crippen LogP contribution in [0.4, 0.5) is 0 Å². The molecule has 0 bridgehead atoms. The van der Waals surface area contributed by atoms with Crippen molar-refractivity contribution in [3.05, 3.63) is 72.9 Å². The molecule has 0 aromatic rings. The van der Waals surface area contributed by atoms with Crippen molar-refractivity contribution >= 4 is 22.1 Å². The predicted molar refractivity (Wildman–Crippen MR) is 265 cm³/mol. The minimum Gasteiger partial charge on any atom is -0.462 e. The summed E-state index contributed by atoms with van der Waals surface area (Å²) in [7, 11) is -4.62. The number of hydrogen-bond acceptors (Lipinski definition) is 11. The first-order valence-electron chi connectivity index (χ1n) is 25.5. The summed E-state index contributed by atoms with van der Waals surface area (Å²) in [5.74, 6) is -2.10. The molecule has 0 radical (unpaired) electrons. The van der Waals surface area contributed by atoms with Crippen LogP contribution >= 0.6 is 0 Å². The topological polar surface area (TPSA) is 186 Å². The second-order valence-corrected chi connectivity index (χ2v) is 18.9. The first kappa shape index (κ1) is 61.1. The third kappa shape index (κ3) is 36.2. The van der Waals surface area contributed by atoms with E-state index in [2.05, 4.69) is 80.7 Å². The number of esters is 2. The monoisotopic (exact) mass is 951 g/mol. The third-order valence-corrected chi connectivity index (χ3v) is 12.0. The molecule has 1 saturated heterocycles. The smallest absolute Gasteiger partial charge is 0.306 e. The first-order chi connectivity index (χ1) is 32.0. The maximum Gasteiger partial charge on any atom is 0.306 e. The summed E-state index contributed by atoms with van der Waals surface area (Å²) >= 11 is 0. The van der Waals surface area contributed by atoms with Crippen molar-refractivity contribution in [3.8, 4) is 0 Å². The Morgan fingerprint density at radius 3 is 1.53 bits per heavy atom. The third-order valence-electron chi connectivity index (χ3n) is 11.2. The minimum absolute atomic E-state index is 0.0923. The van der Waals surface area contributed by atoms with Crippen LogP contribution < -0.4 is 0 Å². The fraction of sp³-hybridized carbons (Fsp3) is 0.736. The number of allylic oxidation sites excluding steroid dienone is 12. The maximum absolute atomic E-state index is 12.8. The molecule has 1 rings (SSSR count). The highest BCUT2D eigenvalue weighted by Gasteiger charge is 2.46. The van der Waals surface area contributed by atoms with E-state index in [0.29, 0.717) is 19.3 Å². The molecule has 1 heterocycles. The quantitative estimate of drug-likeness (QED) is 0.0197. The molecule has 0 saturated carbocycles. The maximum atomic E-state index is 12.8. The Hall–Kier alpha value is -2.91. The number of aliphatic hydroxyl groups is 3. The summed E-state index contributed by atoms with van der Waals surface area (Å²) in [4.78, 5) is 25.5. The van der Waals surface area contributed by atoms with Crippen molar-refractivity contribution in [2.24, 2.45) is 0 Å². The molecule has 0 aromatic heterocycles. The molecule has 66 heavy (non-hydrogen) atoms. The van der Waals surface area contributed by atoms with Gasteiger partial charge in [-0.3, -0.25) is 14.1 Å². The zero-order chi connectivity index (χ0) is 48.4. The molecule has 2 unspecified atom stereocenters. The van der Waals surface area contributed by atoms with E-state index in [4.69, 9.17) is 18.9 Å². The van der Waals surface area contributed by atoms with E-state index in [-0.39, 0.29) is 19.4 Å². The summed E-state index contributed by atoms with van der Waals surface area (Å²) in [6.07, 6.45) is 45.4. The number of rotatable bonds is 42. The number of carbonyl (C=O) groups is 2. The Kier molecular flexibility index (Phi) is 39.1. The average Bonchev–Trinajstić information content (AvgIpc) is 3.28. The fourth-order valence-electron chi connectivity index (χ4n) is 7.33. The highest BCUT2D eigenvalue weighted by Crippen LogP contribution is 2.24. The van der Waals surface area contributed by atoms with Crippen LogP contribution in [0.2, 0.25) is 0 Å².